The van der Waals surface area contributed by atoms with Gasteiger partial charge in [0.05, 0.1) is 0 Å². The summed E-state index contributed by atoms with van der Waals surface area (Å²) in [6.07, 6.45) is 2.50. The first kappa shape index (κ1) is 14.6. The van der Waals surface area contributed by atoms with Gasteiger partial charge in [0.25, 0.3) is 0 Å². The summed E-state index contributed by atoms with van der Waals surface area (Å²) >= 11 is 3.40. The average Bonchev–Trinajstić information content (AvgIpc) is 2.45. The standard InChI is InChI=1S/C14H18BrN5/c1-3-9(2)19-13-12(16)14(18-8-17-13)20-11-6-4-10(15)5-7-11/h4-9H,3,16H2,1-2H3,(H2,17,18,19,20). The van der Waals surface area contributed by atoms with Crippen LogP contribution in [0.5, 0.6) is 0 Å². The number of aromatic nitrogens is 2. The zero-order chi connectivity index (χ0) is 14.5. The molecule has 5 nitrogen and oxygen atoms in total. The molecule has 0 amide bonds. The number of nitrogens with zero attached hydrogens (tertiary/aromatic N) is 2. The van der Waals surface area contributed by atoms with Crippen molar-refractivity contribution in [3.05, 3.63) is 35.1 Å². The van der Waals surface area contributed by atoms with Gasteiger partial charge in [-0.1, -0.05) is 22.9 Å². The number of rotatable bonds is 5. The number of hydrogen-bond donors (Lipinski definition) is 3. The summed E-state index contributed by atoms with van der Waals surface area (Å²) in [4.78, 5) is 8.38. The van der Waals surface area contributed by atoms with Crippen LogP contribution in [0.4, 0.5) is 23.0 Å². The van der Waals surface area contributed by atoms with E-state index in [4.69, 9.17) is 5.73 Å². The fourth-order valence-corrected chi connectivity index (χ4v) is 1.88. The van der Waals surface area contributed by atoms with Crippen molar-refractivity contribution in [2.45, 2.75) is 26.3 Å². The van der Waals surface area contributed by atoms with E-state index in [1.165, 1.54) is 6.33 Å². The molecule has 0 radical (unpaired) electrons. The fourth-order valence-electron chi connectivity index (χ4n) is 1.62. The van der Waals surface area contributed by atoms with Gasteiger partial charge in [-0.2, -0.15) is 0 Å². The Kier molecular flexibility index (Phi) is 4.79. The van der Waals surface area contributed by atoms with Crippen LogP contribution in [0, 0.1) is 0 Å². The highest BCUT2D eigenvalue weighted by molar-refractivity contribution is 9.10. The Hall–Kier alpha value is -1.82. The quantitative estimate of drug-likeness (QED) is 0.775. The number of halogens is 1. The van der Waals surface area contributed by atoms with Crippen LogP contribution < -0.4 is 16.4 Å². The van der Waals surface area contributed by atoms with Gasteiger partial charge in [0, 0.05) is 16.2 Å². The van der Waals surface area contributed by atoms with E-state index in [2.05, 4.69) is 50.4 Å². The third-order valence-corrected chi connectivity index (χ3v) is 3.52. The Balaban J connectivity index is 2.20. The second kappa shape index (κ2) is 6.56. The Morgan fingerprint density at radius 2 is 1.85 bits per heavy atom. The summed E-state index contributed by atoms with van der Waals surface area (Å²) in [6.45, 7) is 4.19. The minimum Gasteiger partial charge on any atom is -0.393 e. The monoisotopic (exact) mass is 335 g/mol. The molecule has 0 aliphatic heterocycles. The van der Waals surface area contributed by atoms with E-state index in [1.807, 2.05) is 24.3 Å². The summed E-state index contributed by atoms with van der Waals surface area (Å²) in [5, 5.41) is 6.47. The molecule has 0 fully saturated rings. The lowest BCUT2D eigenvalue weighted by Crippen LogP contribution is -2.16. The Labute approximate surface area is 127 Å². The summed E-state index contributed by atoms with van der Waals surface area (Å²) in [5.74, 6) is 1.27. The summed E-state index contributed by atoms with van der Waals surface area (Å²) < 4.78 is 1.03. The van der Waals surface area contributed by atoms with E-state index < -0.39 is 0 Å². The van der Waals surface area contributed by atoms with Crippen molar-refractivity contribution in [1.29, 1.82) is 0 Å². The second-order valence-corrected chi connectivity index (χ2v) is 5.49. The molecule has 20 heavy (non-hydrogen) atoms. The number of nitrogens with two attached hydrogens (primary N) is 1. The van der Waals surface area contributed by atoms with Crippen molar-refractivity contribution in [3.63, 3.8) is 0 Å². The molecule has 1 aromatic carbocycles. The molecule has 0 saturated carbocycles. The first-order chi connectivity index (χ1) is 9.60. The van der Waals surface area contributed by atoms with Crippen LogP contribution in [0.3, 0.4) is 0 Å². The van der Waals surface area contributed by atoms with Gasteiger partial charge in [0.15, 0.2) is 11.6 Å². The predicted molar refractivity (Wildman–Crippen MR) is 87.2 cm³/mol. The van der Waals surface area contributed by atoms with Crippen molar-refractivity contribution in [2.75, 3.05) is 16.4 Å². The molecule has 0 saturated heterocycles. The molecule has 0 spiro atoms. The molecule has 6 heteroatoms. The maximum atomic E-state index is 6.10. The highest BCUT2D eigenvalue weighted by atomic mass is 79.9. The Bertz CT molecular complexity index is 570. The first-order valence-corrected chi connectivity index (χ1v) is 7.29. The molecule has 2 aromatic rings. The van der Waals surface area contributed by atoms with Crippen molar-refractivity contribution in [2.24, 2.45) is 0 Å². The van der Waals surface area contributed by atoms with Crippen LogP contribution in [0.25, 0.3) is 0 Å². The maximum Gasteiger partial charge on any atom is 0.159 e. The second-order valence-electron chi connectivity index (χ2n) is 4.57. The normalized spacial score (nSPS) is 11.9. The molecular weight excluding hydrogens is 318 g/mol. The molecule has 1 unspecified atom stereocenters. The third-order valence-electron chi connectivity index (χ3n) is 2.99. The highest BCUT2D eigenvalue weighted by Gasteiger charge is 2.10. The fraction of sp³-hybridized carbons (Fsp3) is 0.286. The highest BCUT2D eigenvalue weighted by Crippen LogP contribution is 2.26. The van der Waals surface area contributed by atoms with Crippen molar-refractivity contribution in [3.8, 4) is 0 Å². The Morgan fingerprint density at radius 3 is 2.50 bits per heavy atom. The van der Waals surface area contributed by atoms with Gasteiger partial charge in [-0.25, -0.2) is 9.97 Å². The number of nitrogen functional groups attached to an aromatic ring is 1. The molecule has 1 atom stereocenters. The maximum absolute atomic E-state index is 6.10. The van der Waals surface area contributed by atoms with Crippen LogP contribution in [-0.2, 0) is 0 Å². The zero-order valence-electron chi connectivity index (χ0n) is 11.5. The summed E-state index contributed by atoms with van der Waals surface area (Å²) in [6, 6.07) is 8.13. The lowest BCUT2D eigenvalue weighted by atomic mass is 10.2. The molecular formula is C14H18BrN5. The van der Waals surface area contributed by atoms with Crippen LogP contribution >= 0.6 is 15.9 Å². The average molecular weight is 336 g/mol. The number of benzene rings is 1. The third kappa shape index (κ3) is 3.60. The predicted octanol–water partition coefficient (Wildman–Crippen LogP) is 3.78. The molecule has 0 bridgehead atoms. The minimum atomic E-state index is 0.313. The molecule has 4 N–H and O–H groups in total. The van der Waals surface area contributed by atoms with Gasteiger partial charge in [0.1, 0.15) is 12.0 Å². The van der Waals surface area contributed by atoms with Gasteiger partial charge in [-0.3, -0.25) is 0 Å². The van der Waals surface area contributed by atoms with Crippen LogP contribution in [-0.4, -0.2) is 16.0 Å². The SMILES string of the molecule is CCC(C)Nc1ncnc(Nc2ccc(Br)cc2)c1N. The number of nitrogens with one attached hydrogen (secondary N) is 2. The molecule has 2 rings (SSSR count). The van der Waals surface area contributed by atoms with Gasteiger partial charge in [-0.05, 0) is 37.6 Å². The topological polar surface area (TPSA) is 75.9 Å². The lowest BCUT2D eigenvalue weighted by molar-refractivity contribution is 0.759. The van der Waals surface area contributed by atoms with E-state index in [-0.39, 0.29) is 0 Å². The number of hydrogen-bond acceptors (Lipinski definition) is 5. The first-order valence-electron chi connectivity index (χ1n) is 6.49. The van der Waals surface area contributed by atoms with E-state index >= 15 is 0 Å². The van der Waals surface area contributed by atoms with Gasteiger partial charge < -0.3 is 16.4 Å². The van der Waals surface area contributed by atoms with Gasteiger partial charge >= 0.3 is 0 Å². The van der Waals surface area contributed by atoms with Crippen molar-refractivity contribution >= 4 is 38.9 Å². The summed E-state index contributed by atoms with van der Waals surface area (Å²) in [5.41, 5.74) is 7.55. The minimum absolute atomic E-state index is 0.313. The van der Waals surface area contributed by atoms with Crippen LogP contribution in [0.15, 0.2) is 35.1 Å². The van der Waals surface area contributed by atoms with E-state index in [1.54, 1.807) is 0 Å². The lowest BCUT2D eigenvalue weighted by Gasteiger charge is -2.16. The van der Waals surface area contributed by atoms with E-state index in [0.717, 1.165) is 16.6 Å². The molecule has 0 aliphatic carbocycles. The van der Waals surface area contributed by atoms with E-state index in [0.29, 0.717) is 23.4 Å². The largest absolute Gasteiger partial charge is 0.393 e. The molecule has 106 valence electrons. The molecule has 0 aliphatic rings. The van der Waals surface area contributed by atoms with Crippen LogP contribution in [0.2, 0.25) is 0 Å². The van der Waals surface area contributed by atoms with E-state index in [9.17, 15) is 0 Å². The van der Waals surface area contributed by atoms with Gasteiger partial charge in [-0.15, -0.1) is 0 Å². The summed E-state index contributed by atoms with van der Waals surface area (Å²) in [7, 11) is 0. The smallest absolute Gasteiger partial charge is 0.159 e. The number of anilines is 4. The van der Waals surface area contributed by atoms with Gasteiger partial charge in [0.2, 0.25) is 0 Å². The van der Waals surface area contributed by atoms with Crippen molar-refractivity contribution in [1.82, 2.24) is 9.97 Å². The van der Waals surface area contributed by atoms with Crippen molar-refractivity contribution < 1.29 is 0 Å². The Morgan fingerprint density at radius 1 is 1.20 bits per heavy atom. The van der Waals surface area contributed by atoms with Crippen LogP contribution in [0.1, 0.15) is 20.3 Å². The molecule has 1 heterocycles. The molecule has 1 aromatic heterocycles. The zero-order valence-corrected chi connectivity index (χ0v) is 13.1.